The van der Waals surface area contributed by atoms with Crippen molar-refractivity contribution in [2.24, 2.45) is 10.6 Å². The molecule has 2 N–H and O–H groups in total. The van der Waals surface area contributed by atoms with Gasteiger partial charge in [-0.05, 0) is 31.4 Å². The molecule has 5 heteroatoms. The maximum absolute atomic E-state index is 11.4. The molecule has 0 fully saturated rings. The van der Waals surface area contributed by atoms with E-state index in [1.165, 1.54) is 0 Å². The second-order valence-electron chi connectivity index (χ2n) is 5.07. The number of ether oxygens (including phenoxy) is 1. The summed E-state index contributed by atoms with van der Waals surface area (Å²) in [5.74, 6) is 0.752. The Bertz CT molecular complexity index is 507. The van der Waals surface area contributed by atoms with Crippen molar-refractivity contribution < 1.29 is 13.2 Å². The van der Waals surface area contributed by atoms with Gasteiger partial charge in [0.15, 0.2) is 0 Å². The van der Waals surface area contributed by atoms with E-state index in [0.717, 1.165) is 11.3 Å². The van der Waals surface area contributed by atoms with Crippen molar-refractivity contribution in [3.05, 3.63) is 29.8 Å². The van der Waals surface area contributed by atoms with Crippen LogP contribution in [0.25, 0.3) is 0 Å². The zero-order valence-electron chi connectivity index (χ0n) is 11.8. The van der Waals surface area contributed by atoms with Gasteiger partial charge in [0.1, 0.15) is 5.75 Å². The molecule has 0 amide bonds. The van der Waals surface area contributed by atoms with E-state index >= 15 is 0 Å². The van der Waals surface area contributed by atoms with Crippen LogP contribution < -0.4 is 9.88 Å². The number of primary sulfonamides is 1. The summed E-state index contributed by atoms with van der Waals surface area (Å²) >= 11 is 0. The predicted molar refractivity (Wildman–Crippen MR) is 77.7 cm³/mol. The molecule has 1 aromatic rings. The molecule has 0 unspecified atom stereocenters. The molecule has 0 atom stereocenters. The summed E-state index contributed by atoms with van der Waals surface area (Å²) in [6.45, 7) is 6.27. The van der Waals surface area contributed by atoms with E-state index in [4.69, 9.17) is 9.88 Å². The normalized spacial score (nSPS) is 12.4. The number of nitrogens with two attached hydrogens (primary N) is 1. The Morgan fingerprint density at radius 2 is 1.79 bits per heavy atom. The lowest BCUT2D eigenvalue weighted by molar-refractivity contribution is 0.154. The molecule has 0 bridgehead atoms. The van der Waals surface area contributed by atoms with Crippen molar-refractivity contribution in [2.45, 2.75) is 33.6 Å². The van der Waals surface area contributed by atoms with Gasteiger partial charge in [-0.15, -0.1) is 0 Å². The number of sulfonamides is 1. The lowest BCUT2D eigenvalue weighted by Crippen LogP contribution is -2.37. The van der Waals surface area contributed by atoms with Crippen LogP contribution in [0.5, 0.6) is 5.75 Å². The van der Waals surface area contributed by atoms with E-state index in [2.05, 4.69) is 0 Å². The molecule has 108 valence electrons. The fourth-order valence-electron chi connectivity index (χ4n) is 2.08. The maximum atomic E-state index is 11.4. The average Bonchev–Trinajstić information content (AvgIpc) is 2.35. The molecule has 0 heterocycles. The minimum absolute atomic E-state index is 0.0428. The molecular formula is C14H23NO3S. The molecule has 1 aromatic carbocycles. The molecule has 1 rings (SSSR count). The lowest BCUT2D eigenvalue weighted by Gasteiger charge is -2.30. The number of hydrogen-bond acceptors (Lipinski definition) is 3. The van der Waals surface area contributed by atoms with Crippen LogP contribution in [0.1, 0.15) is 32.3 Å². The summed E-state index contributed by atoms with van der Waals surface area (Å²) in [6.07, 6.45) is 1.43. The highest BCUT2D eigenvalue weighted by molar-refractivity contribution is 7.89. The summed E-state index contributed by atoms with van der Waals surface area (Å²) in [6, 6.07) is 7.71. The lowest BCUT2D eigenvalue weighted by atomic mass is 9.85. The van der Waals surface area contributed by atoms with Crippen LogP contribution in [0, 0.1) is 12.3 Å². The van der Waals surface area contributed by atoms with Crippen LogP contribution in [-0.2, 0) is 10.0 Å². The zero-order chi connectivity index (χ0) is 14.5. The molecular weight excluding hydrogens is 262 g/mol. The first-order valence-corrected chi connectivity index (χ1v) is 8.22. The molecule has 4 nitrogen and oxygen atoms in total. The average molecular weight is 285 g/mol. The van der Waals surface area contributed by atoms with Crippen molar-refractivity contribution in [1.82, 2.24) is 0 Å². The van der Waals surface area contributed by atoms with Crippen molar-refractivity contribution in [3.8, 4) is 5.75 Å². The van der Waals surface area contributed by atoms with Crippen LogP contribution in [0.2, 0.25) is 0 Å². The number of hydrogen-bond donors (Lipinski definition) is 1. The SMILES string of the molecule is CCC(CC)(COc1ccccc1C)CS(N)(=O)=O. The molecule has 0 aliphatic heterocycles. The first-order valence-electron chi connectivity index (χ1n) is 6.51. The number of rotatable bonds is 7. The zero-order valence-corrected chi connectivity index (χ0v) is 12.7. The van der Waals surface area contributed by atoms with Crippen molar-refractivity contribution in [3.63, 3.8) is 0 Å². The second-order valence-corrected chi connectivity index (χ2v) is 6.68. The van der Waals surface area contributed by atoms with E-state index in [1.807, 2.05) is 45.0 Å². The van der Waals surface area contributed by atoms with Gasteiger partial charge in [0.2, 0.25) is 10.0 Å². The topological polar surface area (TPSA) is 69.4 Å². The van der Waals surface area contributed by atoms with Gasteiger partial charge < -0.3 is 4.74 Å². The van der Waals surface area contributed by atoms with Crippen molar-refractivity contribution in [2.75, 3.05) is 12.4 Å². The fraction of sp³-hybridized carbons (Fsp3) is 0.571. The van der Waals surface area contributed by atoms with Gasteiger partial charge in [-0.3, -0.25) is 0 Å². The predicted octanol–water partition coefficient (Wildman–Crippen LogP) is 2.47. The van der Waals surface area contributed by atoms with Gasteiger partial charge in [-0.2, -0.15) is 0 Å². The standard InChI is InChI=1S/C14H23NO3S/c1-4-14(5-2,11-19(15,16)17)10-18-13-9-7-6-8-12(13)3/h6-9H,4-5,10-11H2,1-3H3,(H2,15,16,17). The maximum Gasteiger partial charge on any atom is 0.209 e. The third-order valence-corrected chi connectivity index (χ3v) is 4.65. The fourth-order valence-corrected chi connectivity index (χ4v) is 3.42. The van der Waals surface area contributed by atoms with E-state index in [0.29, 0.717) is 19.4 Å². The molecule has 19 heavy (non-hydrogen) atoms. The smallest absolute Gasteiger partial charge is 0.209 e. The minimum Gasteiger partial charge on any atom is -0.493 e. The van der Waals surface area contributed by atoms with E-state index in [9.17, 15) is 8.42 Å². The van der Waals surface area contributed by atoms with Crippen LogP contribution >= 0.6 is 0 Å². The van der Waals surface area contributed by atoms with Crippen molar-refractivity contribution in [1.29, 1.82) is 0 Å². The van der Waals surface area contributed by atoms with E-state index < -0.39 is 15.4 Å². The number of benzene rings is 1. The Morgan fingerprint density at radius 1 is 1.21 bits per heavy atom. The quantitative estimate of drug-likeness (QED) is 0.836. The Labute approximate surface area is 116 Å². The highest BCUT2D eigenvalue weighted by Crippen LogP contribution is 2.29. The first-order chi connectivity index (χ1) is 8.82. The summed E-state index contributed by atoms with van der Waals surface area (Å²) < 4.78 is 28.5. The molecule has 0 aliphatic rings. The second kappa shape index (κ2) is 6.39. The first kappa shape index (κ1) is 16.0. The highest BCUT2D eigenvalue weighted by Gasteiger charge is 2.32. The van der Waals surface area contributed by atoms with E-state index in [-0.39, 0.29) is 5.75 Å². The Balaban J connectivity index is 2.83. The molecule has 0 aromatic heterocycles. The van der Waals surface area contributed by atoms with Gasteiger partial charge in [0.25, 0.3) is 0 Å². The molecule has 0 radical (unpaired) electrons. The largest absolute Gasteiger partial charge is 0.493 e. The molecule has 0 spiro atoms. The Kier molecular flexibility index (Phi) is 5.38. The Morgan fingerprint density at radius 3 is 2.26 bits per heavy atom. The third kappa shape index (κ3) is 4.84. The van der Waals surface area contributed by atoms with E-state index in [1.54, 1.807) is 0 Å². The number of para-hydroxylation sites is 1. The molecule has 0 saturated heterocycles. The van der Waals surface area contributed by atoms with Crippen LogP contribution in [0.4, 0.5) is 0 Å². The van der Waals surface area contributed by atoms with Gasteiger partial charge >= 0.3 is 0 Å². The van der Waals surface area contributed by atoms with Gasteiger partial charge in [-0.25, -0.2) is 13.6 Å². The van der Waals surface area contributed by atoms with Crippen molar-refractivity contribution >= 4 is 10.0 Å². The Hall–Kier alpha value is -1.07. The van der Waals surface area contributed by atoms with Gasteiger partial charge in [0.05, 0.1) is 12.4 Å². The van der Waals surface area contributed by atoms with Crippen LogP contribution in [-0.4, -0.2) is 20.8 Å². The van der Waals surface area contributed by atoms with Crippen LogP contribution in [0.15, 0.2) is 24.3 Å². The summed E-state index contributed by atoms with van der Waals surface area (Å²) in [4.78, 5) is 0. The molecule has 0 saturated carbocycles. The summed E-state index contributed by atoms with van der Waals surface area (Å²) in [5, 5.41) is 5.19. The minimum atomic E-state index is -3.50. The van der Waals surface area contributed by atoms with Crippen LogP contribution in [0.3, 0.4) is 0 Å². The molecule has 0 aliphatic carbocycles. The number of aryl methyl sites for hydroxylation is 1. The van der Waals surface area contributed by atoms with Gasteiger partial charge in [0, 0.05) is 5.41 Å². The summed E-state index contributed by atoms with van der Waals surface area (Å²) in [5.41, 5.74) is 0.620. The highest BCUT2D eigenvalue weighted by atomic mass is 32.2. The monoisotopic (exact) mass is 285 g/mol. The summed E-state index contributed by atoms with van der Waals surface area (Å²) in [7, 11) is -3.50. The van der Waals surface area contributed by atoms with Gasteiger partial charge in [-0.1, -0.05) is 32.0 Å². The third-order valence-electron chi connectivity index (χ3n) is 3.63.